The molecule has 3 aromatic rings. The number of aromatic hydroxyl groups is 2. The maximum absolute atomic E-state index is 13.6. The third kappa shape index (κ3) is 3.71. The summed E-state index contributed by atoms with van der Waals surface area (Å²) in [6.45, 7) is 3.58. The Morgan fingerprint density at radius 3 is 2.14 bits per heavy atom. The molecule has 1 aromatic heterocycles. The molecule has 0 amide bonds. The Balaban J connectivity index is 1.63. The number of benzene rings is 2. The van der Waals surface area contributed by atoms with Crippen molar-refractivity contribution < 1.29 is 36.5 Å². The van der Waals surface area contributed by atoms with Crippen LogP contribution < -0.4 is 10.0 Å². The van der Waals surface area contributed by atoms with Gasteiger partial charge in [-0.1, -0.05) is 6.07 Å². The minimum absolute atomic E-state index is 0.0871. The molecule has 0 spiro atoms. The lowest BCUT2D eigenvalue weighted by atomic mass is 9.94. The van der Waals surface area contributed by atoms with E-state index in [1.165, 1.54) is 30.3 Å². The first-order valence-electron chi connectivity index (χ1n) is 11.0. The summed E-state index contributed by atoms with van der Waals surface area (Å²) in [5, 5.41) is 36.8. The average Bonchev–Trinajstić information content (AvgIpc) is 3.17. The minimum atomic E-state index is -4.83. The van der Waals surface area contributed by atoms with Gasteiger partial charge in [0.2, 0.25) is 21.8 Å². The zero-order valence-corrected chi connectivity index (χ0v) is 20.4. The third-order valence-corrected chi connectivity index (χ3v) is 7.72. The van der Waals surface area contributed by atoms with Crippen LogP contribution in [-0.2, 0) is 32.1 Å². The highest BCUT2D eigenvalue weighted by molar-refractivity contribution is 7.89. The van der Waals surface area contributed by atoms with Crippen LogP contribution in [0.3, 0.4) is 0 Å². The molecular formula is C24H21F3N4O5S. The van der Waals surface area contributed by atoms with Crippen molar-refractivity contribution in [3.8, 4) is 23.5 Å². The van der Waals surface area contributed by atoms with E-state index in [2.05, 4.69) is 0 Å². The van der Waals surface area contributed by atoms with Crippen LogP contribution in [-0.4, -0.2) is 36.3 Å². The van der Waals surface area contributed by atoms with Crippen molar-refractivity contribution in [2.24, 2.45) is 5.14 Å². The van der Waals surface area contributed by atoms with Gasteiger partial charge in [-0.15, -0.1) is 0 Å². The van der Waals surface area contributed by atoms with Gasteiger partial charge in [-0.25, -0.2) is 13.6 Å². The zero-order chi connectivity index (χ0) is 27.1. The standard InChI is InChI=1S/C24H21F3N4O5S/c1-22-11-30(14-4-3-5-16(8-14)37(29,34)35)12-23(2,36-22)19-18(22)20(32)31(21(19)33)15-7-6-13(10-28)17(9-15)24(25,26)27/h3-9,32-33H,11-12H2,1-2H3,(H2,29,34,35). The Morgan fingerprint density at radius 1 is 1.03 bits per heavy atom. The number of aromatic nitrogens is 1. The first-order chi connectivity index (χ1) is 17.1. The number of morpholine rings is 1. The quantitative estimate of drug-likeness (QED) is 0.468. The van der Waals surface area contributed by atoms with E-state index in [1.54, 1.807) is 19.9 Å². The van der Waals surface area contributed by atoms with Gasteiger partial charge in [0.1, 0.15) is 11.2 Å². The summed E-state index contributed by atoms with van der Waals surface area (Å²) < 4.78 is 71.5. The van der Waals surface area contributed by atoms with E-state index in [-0.39, 0.29) is 34.8 Å². The van der Waals surface area contributed by atoms with Gasteiger partial charge in [-0.2, -0.15) is 18.4 Å². The first kappa shape index (κ1) is 24.9. The van der Waals surface area contributed by atoms with Gasteiger partial charge in [0.15, 0.2) is 0 Å². The number of ether oxygens (including phenoxy) is 1. The molecular weight excluding hydrogens is 513 g/mol. The molecule has 0 aliphatic carbocycles. The van der Waals surface area contributed by atoms with Crippen molar-refractivity contribution in [2.75, 3.05) is 18.0 Å². The number of alkyl halides is 3. The molecule has 1 saturated heterocycles. The molecule has 194 valence electrons. The summed E-state index contributed by atoms with van der Waals surface area (Å²) in [5.74, 6) is -1.01. The smallest absolute Gasteiger partial charge is 0.417 e. The van der Waals surface area contributed by atoms with Crippen LogP contribution in [0.15, 0.2) is 47.4 Å². The van der Waals surface area contributed by atoms with Gasteiger partial charge in [-0.3, -0.25) is 4.57 Å². The molecule has 13 heteroatoms. The fourth-order valence-corrected chi connectivity index (χ4v) is 6.00. The largest absolute Gasteiger partial charge is 0.494 e. The molecule has 2 atom stereocenters. The van der Waals surface area contributed by atoms with Crippen molar-refractivity contribution in [3.05, 3.63) is 64.7 Å². The molecule has 0 saturated carbocycles. The summed E-state index contributed by atoms with van der Waals surface area (Å²) in [7, 11) is -3.96. The van der Waals surface area contributed by atoms with Crippen LogP contribution in [0.1, 0.15) is 36.1 Å². The van der Waals surface area contributed by atoms with Crippen LogP contribution in [0.2, 0.25) is 0 Å². The Hall–Kier alpha value is -3.73. The maximum atomic E-state index is 13.6. The number of nitriles is 1. The molecule has 2 aromatic carbocycles. The fourth-order valence-electron chi connectivity index (χ4n) is 5.44. The second-order valence-corrected chi connectivity index (χ2v) is 11.1. The molecule has 4 N–H and O–H groups in total. The molecule has 3 heterocycles. The average molecular weight is 535 g/mol. The molecule has 37 heavy (non-hydrogen) atoms. The first-order valence-corrected chi connectivity index (χ1v) is 12.5. The van der Waals surface area contributed by atoms with Crippen molar-refractivity contribution in [3.63, 3.8) is 0 Å². The fraction of sp³-hybridized carbons (Fsp3) is 0.292. The number of rotatable bonds is 3. The zero-order valence-electron chi connectivity index (χ0n) is 19.5. The maximum Gasteiger partial charge on any atom is 0.417 e. The Morgan fingerprint density at radius 2 is 1.62 bits per heavy atom. The number of nitrogens with two attached hydrogens (primary N) is 1. The normalized spacial score (nSPS) is 23.1. The lowest BCUT2D eigenvalue weighted by molar-refractivity contribution is -0.139. The van der Waals surface area contributed by atoms with Crippen LogP contribution in [0.25, 0.3) is 5.69 Å². The number of hydrogen-bond donors (Lipinski definition) is 3. The predicted octanol–water partition coefficient (Wildman–Crippen LogP) is 3.41. The highest BCUT2D eigenvalue weighted by Crippen LogP contribution is 2.59. The number of sulfonamides is 1. The topological polar surface area (TPSA) is 142 Å². The van der Waals surface area contributed by atoms with E-state index in [0.29, 0.717) is 11.8 Å². The Kier molecular flexibility index (Phi) is 5.15. The van der Waals surface area contributed by atoms with Crippen LogP contribution in [0.4, 0.5) is 18.9 Å². The van der Waals surface area contributed by atoms with E-state index >= 15 is 0 Å². The molecule has 1 fully saturated rings. The summed E-state index contributed by atoms with van der Waals surface area (Å²) in [6, 6.07) is 10.4. The lowest BCUT2D eigenvalue weighted by Gasteiger charge is -2.45. The van der Waals surface area contributed by atoms with E-state index in [0.717, 1.165) is 10.6 Å². The number of halogens is 3. The predicted molar refractivity (Wildman–Crippen MR) is 125 cm³/mol. The van der Waals surface area contributed by atoms with Gasteiger partial charge in [0.05, 0.1) is 52.0 Å². The van der Waals surface area contributed by atoms with Crippen LogP contribution in [0, 0.1) is 11.3 Å². The van der Waals surface area contributed by atoms with Crippen LogP contribution >= 0.6 is 0 Å². The summed E-state index contributed by atoms with van der Waals surface area (Å²) in [4.78, 5) is 1.74. The second kappa shape index (κ2) is 7.64. The molecule has 2 aliphatic rings. The van der Waals surface area contributed by atoms with Crippen molar-refractivity contribution in [1.82, 2.24) is 4.57 Å². The van der Waals surface area contributed by atoms with E-state index in [4.69, 9.17) is 15.1 Å². The van der Waals surface area contributed by atoms with Gasteiger partial charge >= 0.3 is 6.18 Å². The monoisotopic (exact) mass is 534 g/mol. The number of fused-ring (bicyclic) bond motifs is 5. The van der Waals surface area contributed by atoms with Crippen molar-refractivity contribution in [2.45, 2.75) is 36.1 Å². The van der Waals surface area contributed by atoms with E-state index in [1.807, 2.05) is 4.90 Å². The molecule has 2 aliphatic heterocycles. The second-order valence-electron chi connectivity index (χ2n) is 9.53. The number of nitrogens with zero attached hydrogens (tertiary/aromatic N) is 3. The molecule has 2 unspecified atom stereocenters. The van der Waals surface area contributed by atoms with Crippen LogP contribution in [0.5, 0.6) is 11.8 Å². The Labute approximate surface area is 209 Å². The molecule has 5 rings (SSSR count). The highest BCUT2D eigenvalue weighted by atomic mass is 32.2. The lowest BCUT2D eigenvalue weighted by Crippen LogP contribution is -2.52. The molecule has 9 nitrogen and oxygen atoms in total. The summed E-state index contributed by atoms with van der Waals surface area (Å²) >= 11 is 0. The highest BCUT2D eigenvalue weighted by Gasteiger charge is 2.59. The number of primary sulfonamides is 1. The van der Waals surface area contributed by atoms with Crippen molar-refractivity contribution in [1.29, 1.82) is 5.26 Å². The van der Waals surface area contributed by atoms with Gasteiger partial charge < -0.3 is 19.8 Å². The Bertz CT molecular complexity index is 1570. The van der Waals surface area contributed by atoms with Gasteiger partial charge in [-0.05, 0) is 50.2 Å². The van der Waals surface area contributed by atoms with Gasteiger partial charge in [0.25, 0.3) is 0 Å². The number of anilines is 1. The van der Waals surface area contributed by atoms with Crippen molar-refractivity contribution >= 4 is 15.7 Å². The summed E-state index contributed by atoms with van der Waals surface area (Å²) in [5.41, 5.74) is -3.48. The molecule has 0 radical (unpaired) electrons. The summed E-state index contributed by atoms with van der Waals surface area (Å²) in [6.07, 6.45) is -4.83. The SMILES string of the molecule is CC12CN(c3cccc(S(N)(=O)=O)c3)CC(C)(O1)c1c2c(O)n(-c2ccc(C#N)c(C(F)(F)F)c2)c1O. The molecule has 2 bridgehead atoms. The minimum Gasteiger partial charge on any atom is -0.494 e. The third-order valence-electron chi connectivity index (χ3n) is 6.81. The van der Waals surface area contributed by atoms with E-state index < -0.39 is 50.3 Å². The van der Waals surface area contributed by atoms with Gasteiger partial charge in [0, 0.05) is 5.69 Å². The van der Waals surface area contributed by atoms with E-state index in [9.17, 15) is 31.8 Å². The number of hydrogen-bond acceptors (Lipinski definition) is 7.